The maximum Gasteiger partial charge on any atom is 0.257 e. The number of carbonyl (C=O) groups excluding carboxylic acids is 1. The predicted molar refractivity (Wildman–Crippen MR) is 130 cm³/mol. The Kier molecular flexibility index (Phi) is 7.42. The number of aromatic nitrogens is 2. The number of fused-ring (bicyclic) bond motifs is 1. The largest absolute Gasteiger partial charge is 0.443 e. The molecule has 0 aliphatic rings. The van der Waals surface area contributed by atoms with Crippen molar-refractivity contribution in [1.82, 2.24) is 20.2 Å². The number of aryl methyl sites for hydroxylation is 1. The van der Waals surface area contributed by atoms with Crippen molar-refractivity contribution in [2.24, 2.45) is 7.05 Å². The lowest BCUT2D eigenvalue weighted by atomic mass is 10.1. The van der Waals surface area contributed by atoms with Crippen LogP contribution in [0.25, 0.3) is 11.1 Å². The highest BCUT2D eigenvalue weighted by molar-refractivity contribution is 6.30. The van der Waals surface area contributed by atoms with Crippen molar-refractivity contribution in [2.75, 3.05) is 6.54 Å². The first kappa shape index (κ1) is 23.7. The molecule has 3 heterocycles. The van der Waals surface area contributed by atoms with Crippen molar-refractivity contribution >= 4 is 28.6 Å². The number of hydrogen-bond acceptors (Lipinski definition) is 6. The highest BCUT2D eigenvalue weighted by Crippen LogP contribution is 2.18. The molecule has 1 unspecified atom stereocenters. The van der Waals surface area contributed by atoms with Crippen molar-refractivity contribution in [2.45, 2.75) is 25.6 Å². The van der Waals surface area contributed by atoms with E-state index in [0.29, 0.717) is 41.4 Å². The van der Waals surface area contributed by atoms with Crippen LogP contribution in [0.1, 0.15) is 39.8 Å². The van der Waals surface area contributed by atoms with Crippen molar-refractivity contribution in [3.05, 3.63) is 98.8 Å². The fourth-order valence-electron chi connectivity index (χ4n) is 3.64. The van der Waals surface area contributed by atoms with E-state index < -0.39 is 12.0 Å². The number of aliphatic hydroxyl groups is 1. The first-order chi connectivity index (χ1) is 16.4. The van der Waals surface area contributed by atoms with E-state index in [1.807, 2.05) is 12.1 Å². The quantitative estimate of drug-likeness (QED) is 0.317. The molecule has 0 saturated heterocycles. The first-order valence-corrected chi connectivity index (χ1v) is 11.2. The van der Waals surface area contributed by atoms with Crippen LogP contribution in [0.3, 0.4) is 0 Å². The van der Waals surface area contributed by atoms with Crippen LogP contribution in [0.5, 0.6) is 0 Å². The molecule has 4 aromatic rings. The smallest absolute Gasteiger partial charge is 0.257 e. The van der Waals surface area contributed by atoms with E-state index in [2.05, 4.69) is 15.6 Å². The van der Waals surface area contributed by atoms with Gasteiger partial charge in [-0.1, -0.05) is 23.7 Å². The van der Waals surface area contributed by atoms with Crippen LogP contribution in [-0.2, 0) is 20.1 Å². The van der Waals surface area contributed by atoms with Crippen molar-refractivity contribution in [3.8, 4) is 0 Å². The third-order valence-electron chi connectivity index (χ3n) is 5.49. The number of benzene rings is 1. The molecule has 3 N–H and O–H groups in total. The summed E-state index contributed by atoms with van der Waals surface area (Å²) in [5.41, 5.74) is 1.74. The number of furan rings is 1. The predicted octanol–water partition coefficient (Wildman–Crippen LogP) is 3.32. The zero-order valence-corrected chi connectivity index (χ0v) is 19.4. The Morgan fingerprint density at radius 3 is 2.65 bits per heavy atom. The number of nitrogens with one attached hydrogen (secondary N) is 2. The number of nitrogens with zero attached hydrogens (tertiary/aromatic N) is 2. The molecule has 176 valence electrons. The molecule has 0 aliphatic carbocycles. The summed E-state index contributed by atoms with van der Waals surface area (Å²) < 4.78 is 7.46. The summed E-state index contributed by atoms with van der Waals surface area (Å²) in [5, 5.41) is 17.2. The average molecular weight is 481 g/mol. The van der Waals surface area contributed by atoms with E-state index in [1.54, 1.807) is 54.3 Å². The van der Waals surface area contributed by atoms with E-state index in [0.717, 1.165) is 11.1 Å². The minimum atomic E-state index is -0.592. The Morgan fingerprint density at radius 2 is 1.91 bits per heavy atom. The summed E-state index contributed by atoms with van der Waals surface area (Å²) in [4.78, 5) is 29.6. The van der Waals surface area contributed by atoms with Gasteiger partial charge in [-0.05, 0) is 54.4 Å². The van der Waals surface area contributed by atoms with Gasteiger partial charge in [0.1, 0.15) is 11.3 Å². The Labute approximate surface area is 201 Å². The lowest BCUT2D eigenvalue weighted by molar-refractivity contribution is 0.0949. The fourth-order valence-corrected chi connectivity index (χ4v) is 3.77. The molecule has 1 aromatic carbocycles. The Balaban J connectivity index is 1.39. The summed E-state index contributed by atoms with van der Waals surface area (Å²) in [6.45, 7) is 1.22. The van der Waals surface area contributed by atoms with Gasteiger partial charge in [-0.25, -0.2) is 0 Å². The van der Waals surface area contributed by atoms with Gasteiger partial charge in [0.2, 0.25) is 11.1 Å². The van der Waals surface area contributed by atoms with E-state index >= 15 is 0 Å². The van der Waals surface area contributed by atoms with E-state index in [1.165, 1.54) is 6.20 Å². The highest BCUT2D eigenvalue weighted by atomic mass is 35.5. The molecule has 1 atom stereocenters. The number of carbonyl (C=O) groups is 1. The van der Waals surface area contributed by atoms with E-state index in [4.69, 9.17) is 16.0 Å². The monoisotopic (exact) mass is 480 g/mol. The van der Waals surface area contributed by atoms with E-state index in [-0.39, 0.29) is 17.5 Å². The fraction of sp³-hybridized carbons (Fsp3) is 0.240. The summed E-state index contributed by atoms with van der Waals surface area (Å²) in [6, 6.07) is 12.3. The SMILES string of the molecule is Cn1cc(C(=O)NCc2ccc(Cl)cc2)c(=O)c2cc(CNCCC(O)c3ccncc3)oc21. The molecule has 4 rings (SSSR count). The standard InChI is InChI=1S/C25H25ClN4O4/c1-30-15-21(24(33)29-13-16-2-4-18(26)5-3-16)23(32)20-12-19(34-25(20)30)14-28-11-8-22(31)17-6-9-27-10-7-17/h2-7,9-10,12,15,22,28,31H,8,11,13-14H2,1H3,(H,29,33). The molecule has 8 nitrogen and oxygen atoms in total. The zero-order chi connectivity index (χ0) is 24.1. The number of rotatable bonds is 9. The summed E-state index contributed by atoms with van der Waals surface area (Å²) in [6.07, 6.45) is 4.70. The van der Waals surface area contributed by atoms with Gasteiger partial charge in [0, 0.05) is 37.2 Å². The summed E-state index contributed by atoms with van der Waals surface area (Å²) in [5.74, 6) is 0.114. The van der Waals surface area contributed by atoms with Crippen LogP contribution in [0.15, 0.2) is 70.3 Å². The Morgan fingerprint density at radius 1 is 1.18 bits per heavy atom. The maximum absolute atomic E-state index is 13.0. The molecular formula is C25H25ClN4O4. The number of pyridine rings is 2. The number of hydrogen-bond donors (Lipinski definition) is 3. The van der Waals surface area contributed by atoms with Crippen molar-refractivity contribution in [1.29, 1.82) is 0 Å². The van der Waals surface area contributed by atoms with Crippen LogP contribution >= 0.6 is 11.6 Å². The number of amides is 1. The summed E-state index contributed by atoms with van der Waals surface area (Å²) in [7, 11) is 1.73. The van der Waals surface area contributed by atoms with Crippen LogP contribution < -0.4 is 16.1 Å². The lowest BCUT2D eigenvalue weighted by Gasteiger charge is -2.10. The second-order valence-corrected chi connectivity index (χ2v) is 8.42. The molecular weight excluding hydrogens is 456 g/mol. The topological polar surface area (TPSA) is 109 Å². The average Bonchev–Trinajstić information content (AvgIpc) is 3.29. The zero-order valence-electron chi connectivity index (χ0n) is 18.6. The molecule has 0 aliphatic heterocycles. The number of aliphatic hydroxyl groups excluding tert-OH is 1. The molecule has 0 bridgehead atoms. The number of halogens is 1. The third-order valence-corrected chi connectivity index (χ3v) is 5.74. The molecule has 9 heteroatoms. The molecule has 34 heavy (non-hydrogen) atoms. The minimum Gasteiger partial charge on any atom is -0.443 e. The second-order valence-electron chi connectivity index (χ2n) is 7.99. The molecule has 0 fully saturated rings. The van der Waals surface area contributed by atoms with Gasteiger partial charge in [-0.3, -0.25) is 14.6 Å². The molecule has 3 aromatic heterocycles. The normalized spacial score (nSPS) is 12.1. The van der Waals surface area contributed by atoms with Gasteiger partial charge in [-0.2, -0.15) is 0 Å². The van der Waals surface area contributed by atoms with Gasteiger partial charge in [0.15, 0.2) is 0 Å². The van der Waals surface area contributed by atoms with E-state index in [9.17, 15) is 14.7 Å². The second kappa shape index (κ2) is 10.6. The maximum atomic E-state index is 13.0. The molecule has 0 spiro atoms. The molecule has 0 saturated carbocycles. The van der Waals surface area contributed by atoms with Crippen LogP contribution in [0, 0.1) is 0 Å². The Bertz CT molecular complexity index is 1330. The summed E-state index contributed by atoms with van der Waals surface area (Å²) >= 11 is 5.89. The van der Waals surface area contributed by atoms with Crippen LogP contribution in [-0.4, -0.2) is 27.1 Å². The van der Waals surface area contributed by atoms with Gasteiger partial charge in [0.25, 0.3) is 5.91 Å². The Hall–Kier alpha value is -3.46. The third kappa shape index (κ3) is 5.53. The molecule has 0 radical (unpaired) electrons. The van der Waals surface area contributed by atoms with Gasteiger partial charge >= 0.3 is 0 Å². The van der Waals surface area contributed by atoms with Gasteiger partial charge in [-0.15, -0.1) is 0 Å². The van der Waals surface area contributed by atoms with Crippen LogP contribution in [0.2, 0.25) is 5.02 Å². The highest BCUT2D eigenvalue weighted by Gasteiger charge is 2.18. The minimum absolute atomic E-state index is 0.0461. The van der Waals surface area contributed by atoms with Gasteiger partial charge in [0.05, 0.1) is 18.0 Å². The lowest BCUT2D eigenvalue weighted by Crippen LogP contribution is -2.29. The van der Waals surface area contributed by atoms with Crippen LogP contribution in [0.4, 0.5) is 0 Å². The van der Waals surface area contributed by atoms with Gasteiger partial charge < -0.3 is 24.7 Å². The van der Waals surface area contributed by atoms with Crippen molar-refractivity contribution < 1.29 is 14.3 Å². The molecule has 1 amide bonds. The van der Waals surface area contributed by atoms with Crippen molar-refractivity contribution in [3.63, 3.8) is 0 Å². The first-order valence-electron chi connectivity index (χ1n) is 10.9.